The number of carbonyl (C=O) groups is 1. The quantitative estimate of drug-likeness (QED) is 0.562. The normalized spacial score (nSPS) is 12.0. The molecule has 28 heavy (non-hydrogen) atoms. The maximum atomic E-state index is 12.4. The van der Waals surface area contributed by atoms with E-state index < -0.39 is 0 Å². The lowest BCUT2D eigenvalue weighted by Gasteiger charge is -2.24. The minimum Gasteiger partial charge on any atom is -0.380 e. The molecule has 3 rings (SSSR count). The third-order valence-electron chi connectivity index (χ3n) is 4.59. The van der Waals surface area contributed by atoms with Gasteiger partial charge in [-0.15, -0.1) is 11.3 Å². The van der Waals surface area contributed by atoms with Crippen LogP contribution < -0.4 is 10.6 Å². The second-order valence-electron chi connectivity index (χ2n) is 7.24. The largest absolute Gasteiger partial charge is 0.380 e. The number of aromatic nitrogens is 1. The van der Waals surface area contributed by atoms with Gasteiger partial charge >= 0.3 is 0 Å². The first kappa shape index (κ1) is 20.1. The van der Waals surface area contributed by atoms with Crippen LogP contribution in [0.25, 0.3) is 0 Å². The van der Waals surface area contributed by atoms with Crippen molar-refractivity contribution in [2.75, 3.05) is 11.9 Å². The van der Waals surface area contributed by atoms with E-state index in [9.17, 15) is 4.79 Å². The zero-order chi connectivity index (χ0) is 19.8. The number of nitrogens with zero attached hydrogens (tertiary/aromatic N) is 1. The van der Waals surface area contributed by atoms with E-state index in [1.54, 1.807) is 11.3 Å². The van der Waals surface area contributed by atoms with E-state index in [1.165, 1.54) is 5.56 Å². The number of nitrogens with one attached hydrogen (secondary N) is 2. The number of hydrogen-bond donors (Lipinski definition) is 2. The zero-order valence-electron chi connectivity index (χ0n) is 16.4. The monoisotopic (exact) mass is 393 g/mol. The molecule has 1 heterocycles. The molecule has 2 N–H and O–H groups in total. The number of amides is 1. The SMILES string of the molecule is CC(C)C(CNC(=O)Cc1csc(Cc2ccccc2)n1)Nc1ccccc1. The van der Waals surface area contributed by atoms with Crippen molar-refractivity contribution in [3.05, 3.63) is 82.3 Å². The molecule has 1 amide bonds. The predicted octanol–water partition coefficient (Wildman–Crippen LogP) is 4.53. The number of rotatable bonds is 9. The molecule has 0 aliphatic heterocycles. The van der Waals surface area contributed by atoms with Gasteiger partial charge in [-0.05, 0) is 23.6 Å². The van der Waals surface area contributed by atoms with Crippen molar-refractivity contribution < 1.29 is 4.79 Å². The van der Waals surface area contributed by atoms with Gasteiger partial charge in [0.15, 0.2) is 0 Å². The van der Waals surface area contributed by atoms with Crippen LogP contribution in [0.1, 0.15) is 30.1 Å². The van der Waals surface area contributed by atoms with Crippen LogP contribution in [0.4, 0.5) is 5.69 Å². The summed E-state index contributed by atoms with van der Waals surface area (Å²) < 4.78 is 0. The Morgan fingerprint density at radius 3 is 2.39 bits per heavy atom. The summed E-state index contributed by atoms with van der Waals surface area (Å²) in [6.07, 6.45) is 1.13. The lowest BCUT2D eigenvalue weighted by Crippen LogP contribution is -2.40. The molecule has 2 aromatic carbocycles. The Labute approximate surface area is 171 Å². The standard InChI is InChI=1S/C23H27N3OS/c1-17(2)21(25-19-11-7-4-8-12-19)15-24-22(27)14-20-16-28-23(26-20)13-18-9-5-3-6-10-18/h3-12,16-17,21,25H,13-15H2,1-2H3,(H,24,27). The van der Waals surface area contributed by atoms with Gasteiger partial charge in [-0.2, -0.15) is 0 Å². The average molecular weight is 394 g/mol. The molecule has 1 aromatic heterocycles. The van der Waals surface area contributed by atoms with Crippen LogP contribution in [0.2, 0.25) is 0 Å². The third kappa shape index (κ3) is 6.20. The maximum Gasteiger partial charge on any atom is 0.226 e. The molecule has 1 unspecified atom stereocenters. The summed E-state index contributed by atoms with van der Waals surface area (Å²) in [4.78, 5) is 17.0. The van der Waals surface area contributed by atoms with Crippen molar-refractivity contribution in [1.29, 1.82) is 0 Å². The van der Waals surface area contributed by atoms with Gasteiger partial charge in [0.2, 0.25) is 5.91 Å². The molecular formula is C23H27N3OS. The molecule has 146 valence electrons. The van der Waals surface area contributed by atoms with Crippen LogP contribution in [-0.2, 0) is 17.6 Å². The van der Waals surface area contributed by atoms with Crippen molar-refractivity contribution in [2.24, 2.45) is 5.92 Å². The van der Waals surface area contributed by atoms with Gasteiger partial charge in [-0.1, -0.05) is 62.4 Å². The zero-order valence-corrected chi connectivity index (χ0v) is 17.2. The van der Waals surface area contributed by atoms with Crippen LogP contribution in [0, 0.1) is 5.92 Å². The summed E-state index contributed by atoms with van der Waals surface area (Å²) in [6, 6.07) is 20.5. The highest BCUT2D eigenvalue weighted by molar-refractivity contribution is 7.09. The van der Waals surface area contributed by atoms with E-state index in [2.05, 4.69) is 41.6 Å². The van der Waals surface area contributed by atoms with Crippen molar-refractivity contribution in [1.82, 2.24) is 10.3 Å². The highest BCUT2D eigenvalue weighted by Crippen LogP contribution is 2.15. The number of carbonyl (C=O) groups excluding carboxylic acids is 1. The molecule has 4 nitrogen and oxygen atoms in total. The van der Waals surface area contributed by atoms with Gasteiger partial charge < -0.3 is 10.6 Å². The number of benzene rings is 2. The average Bonchev–Trinajstić information content (AvgIpc) is 3.13. The summed E-state index contributed by atoms with van der Waals surface area (Å²) >= 11 is 1.61. The lowest BCUT2D eigenvalue weighted by atomic mass is 10.0. The Kier molecular flexibility index (Phi) is 7.20. The van der Waals surface area contributed by atoms with Crippen LogP contribution in [0.15, 0.2) is 66.0 Å². The molecule has 0 aliphatic rings. The van der Waals surface area contributed by atoms with Gasteiger partial charge in [0.1, 0.15) is 0 Å². The Morgan fingerprint density at radius 1 is 1.04 bits per heavy atom. The number of hydrogen-bond acceptors (Lipinski definition) is 4. The van der Waals surface area contributed by atoms with Crippen LogP contribution in [0.3, 0.4) is 0 Å². The fraction of sp³-hybridized carbons (Fsp3) is 0.304. The van der Waals surface area contributed by atoms with Crippen molar-refractivity contribution in [3.8, 4) is 0 Å². The fourth-order valence-electron chi connectivity index (χ4n) is 2.93. The highest BCUT2D eigenvalue weighted by atomic mass is 32.1. The molecule has 3 aromatic rings. The topological polar surface area (TPSA) is 54.0 Å². The molecule has 0 spiro atoms. The molecule has 5 heteroatoms. The summed E-state index contributed by atoms with van der Waals surface area (Å²) in [5, 5.41) is 9.58. The molecule has 0 bridgehead atoms. The van der Waals surface area contributed by atoms with Crippen molar-refractivity contribution >= 4 is 22.9 Å². The Bertz CT molecular complexity index is 862. The minimum atomic E-state index is 0.0112. The summed E-state index contributed by atoms with van der Waals surface area (Å²) in [7, 11) is 0. The van der Waals surface area contributed by atoms with Gasteiger partial charge in [-0.25, -0.2) is 4.98 Å². The van der Waals surface area contributed by atoms with Gasteiger partial charge in [0.05, 0.1) is 17.1 Å². The summed E-state index contributed by atoms with van der Waals surface area (Å²) in [5.74, 6) is 0.411. The number of anilines is 1. The summed E-state index contributed by atoms with van der Waals surface area (Å²) in [6.45, 7) is 4.90. The van der Waals surface area contributed by atoms with Gasteiger partial charge in [0, 0.05) is 30.1 Å². The Hall–Kier alpha value is -2.66. The van der Waals surface area contributed by atoms with Crippen molar-refractivity contribution in [2.45, 2.75) is 32.7 Å². The predicted molar refractivity (Wildman–Crippen MR) is 117 cm³/mol. The number of thiazole rings is 1. The van der Waals surface area contributed by atoms with E-state index in [1.807, 2.05) is 53.9 Å². The summed E-state index contributed by atoms with van der Waals surface area (Å²) in [5.41, 5.74) is 3.14. The van der Waals surface area contributed by atoms with Gasteiger partial charge in [0.25, 0.3) is 0 Å². The first-order chi connectivity index (χ1) is 13.6. The number of para-hydroxylation sites is 1. The first-order valence-electron chi connectivity index (χ1n) is 9.65. The highest BCUT2D eigenvalue weighted by Gasteiger charge is 2.15. The van der Waals surface area contributed by atoms with E-state index >= 15 is 0 Å². The van der Waals surface area contributed by atoms with Crippen molar-refractivity contribution in [3.63, 3.8) is 0 Å². The minimum absolute atomic E-state index is 0.0112. The van der Waals surface area contributed by atoms with Crippen LogP contribution in [0.5, 0.6) is 0 Å². The van der Waals surface area contributed by atoms with E-state index in [0.717, 1.165) is 22.8 Å². The third-order valence-corrected chi connectivity index (χ3v) is 5.49. The van der Waals surface area contributed by atoms with Gasteiger partial charge in [-0.3, -0.25) is 4.79 Å². The molecule has 0 saturated carbocycles. The van der Waals surface area contributed by atoms with Crippen LogP contribution in [-0.4, -0.2) is 23.5 Å². The molecule has 0 radical (unpaired) electrons. The van der Waals surface area contributed by atoms with E-state index in [0.29, 0.717) is 18.9 Å². The second kappa shape index (κ2) is 10.0. The molecule has 0 fully saturated rings. The molecule has 0 aliphatic carbocycles. The van der Waals surface area contributed by atoms with Crippen LogP contribution >= 0.6 is 11.3 Å². The molecule has 1 atom stereocenters. The maximum absolute atomic E-state index is 12.4. The van der Waals surface area contributed by atoms with E-state index in [-0.39, 0.29) is 11.9 Å². The second-order valence-corrected chi connectivity index (χ2v) is 8.18. The Morgan fingerprint density at radius 2 is 1.71 bits per heavy atom. The fourth-order valence-corrected chi connectivity index (χ4v) is 3.76. The molecule has 0 saturated heterocycles. The first-order valence-corrected chi connectivity index (χ1v) is 10.5. The Balaban J connectivity index is 1.49. The smallest absolute Gasteiger partial charge is 0.226 e. The molecular weight excluding hydrogens is 366 g/mol. The lowest BCUT2D eigenvalue weighted by molar-refractivity contribution is -0.120. The van der Waals surface area contributed by atoms with E-state index in [4.69, 9.17) is 0 Å².